The number of benzene rings is 1. The van der Waals surface area contributed by atoms with E-state index >= 15 is 0 Å². The van der Waals surface area contributed by atoms with E-state index in [1.807, 2.05) is 47.8 Å². The molecule has 0 radical (unpaired) electrons. The Bertz CT molecular complexity index is 699. The number of hydrogen-bond donors (Lipinski definition) is 4. The second-order valence-electron chi connectivity index (χ2n) is 4.24. The summed E-state index contributed by atoms with van der Waals surface area (Å²) in [6.45, 7) is 0. The van der Waals surface area contributed by atoms with Crippen LogP contribution in [0.4, 0.5) is 5.69 Å². The lowest BCUT2D eigenvalue weighted by atomic mass is 10.3. The number of hydrogen-bond acceptors (Lipinski definition) is 4. The van der Waals surface area contributed by atoms with E-state index in [4.69, 9.17) is 24.4 Å². The second-order valence-corrected chi connectivity index (χ2v) is 6.03. The van der Waals surface area contributed by atoms with Gasteiger partial charge in [-0.3, -0.25) is 21.0 Å². The summed E-state index contributed by atoms with van der Waals surface area (Å²) in [5, 5.41) is 7.88. The normalized spacial score (nSPS) is 10.1. The summed E-state index contributed by atoms with van der Waals surface area (Å²) in [6, 6.07) is 13.3. The van der Waals surface area contributed by atoms with Crippen LogP contribution in [-0.2, 0) is 4.79 Å². The number of carbonyl (C=O) groups excluding carboxylic acids is 1. The quantitative estimate of drug-likeness (QED) is 0.382. The minimum atomic E-state index is -0.320. The van der Waals surface area contributed by atoms with E-state index in [0.29, 0.717) is 5.11 Å². The molecule has 23 heavy (non-hydrogen) atoms. The lowest BCUT2D eigenvalue weighted by molar-refractivity contribution is -0.115. The number of anilines is 1. The second kappa shape index (κ2) is 8.99. The Hall–Kier alpha value is -2.29. The number of carbonyl (C=O) groups is 1. The Morgan fingerprint density at radius 3 is 2.43 bits per heavy atom. The maximum absolute atomic E-state index is 11.7. The third-order valence-corrected chi connectivity index (χ3v) is 3.75. The van der Waals surface area contributed by atoms with Crippen molar-refractivity contribution in [3.63, 3.8) is 0 Å². The summed E-state index contributed by atoms with van der Waals surface area (Å²) >= 11 is 11.7. The van der Waals surface area contributed by atoms with Crippen LogP contribution in [0, 0.1) is 0 Å². The van der Waals surface area contributed by atoms with Gasteiger partial charge >= 0.3 is 0 Å². The van der Waals surface area contributed by atoms with Crippen molar-refractivity contribution in [1.82, 2.24) is 16.2 Å². The van der Waals surface area contributed by atoms with Gasteiger partial charge in [-0.15, -0.1) is 11.3 Å². The molecule has 5 nitrogen and oxygen atoms in total. The van der Waals surface area contributed by atoms with Crippen molar-refractivity contribution < 1.29 is 4.79 Å². The van der Waals surface area contributed by atoms with E-state index < -0.39 is 0 Å². The molecule has 1 heterocycles. The molecule has 8 heteroatoms. The first-order valence-electron chi connectivity index (χ1n) is 6.58. The third kappa shape index (κ3) is 6.55. The molecule has 0 fully saturated rings. The monoisotopic (exact) mass is 362 g/mol. The van der Waals surface area contributed by atoms with Gasteiger partial charge in [-0.05, 0) is 54.1 Å². The molecular weight excluding hydrogens is 348 g/mol. The molecule has 0 spiro atoms. The molecule has 0 atom stereocenters. The standard InChI is InChI=1S/C15H14N4OS3/c20-13(9-8-12-7-4-10-23-12)17-15(22)19-18-14(21)16-11-5-2-1-3-6-11/h1-10H,(H2,16,18,21)(H2,17,19,20,22). The zero-order valence-corrected chi connectivity index (χ0v) is 14.4. The van der Waals surface area contributed by atoms with Crippen LogP contribution in [-0.4, -0.2) is 16.1 Å². The van der Waals surface area contributed by atoms with Crippen LogP contribution < -0.4 is 21.5 Å². The van der Waals surface area contributed by atoms with Gasteiger partial charge in [0.2, 0.25) is 5.91 Å². The SMILES string of the molecule is O=C(C=Cc1cccs1)NC(=S)NNC(=S)Nc1ccccc1. The maximum atomic E-state index is 11.7. The number of hydrazine groups is 1. The van der Waals surface area contributed by atoms with E-state index in [1.165, 1.54) is 6.08 Å². The van der Waals surface area contributed by atoms with Crippen molar-refractivity contribution in [2.75, 3.05) is 5.32 Å². The molecule has 0 aliphatic carbocycles. The van der Waals surface area contributed by atoms with E-state index in [9.17, 15) is 4.79 Å². The lowest BCUT2D eigenvalue weighted by Gasteiger charge is -2.13. The molecule has 4 N–H and O–H groups in total. The Morgan fingerprint density at radius 2 is 1.74 bits per heavy atom. The van der Waals surface area contributed by atoms with Gasteiger partial charge in [0, 0.05) is 16.6 Å². The molecule has 0 unspecified atom stereocenters. The molecular formula is C15H14N4OS3. The molecule has 118 valence electrons. The molecule has 1 aromatic heterocycles. The van der Waals surface area contributed by atoms with Crippen LogP contribution in [0.5, 0.6) is 0 Å². The number of thiophene rings is 1. The average molecular weight is 363 g/mol. The van der Waals surface area contributed by atoms with Crippen molar-refractivity contribution >= 4 is 63.7 Å². The topological polar surface area (TPSA) is 65.2 Å². The van der Waals surface area contributed by atoms with Crippen molar-refractivity contribution in [2.45, 2.75) is 0 Å². The van der Waals surface area contributed by atoms with Gasteiger partial charge in [0.05, 0.1) is 0 Å². The Kier molecular flexibility index (Phi) is 6.67. The molecule has 2 aromatic rings. The molecule has 0 aliphatic rings. The summed E-state index contributed by atoms with van der Waals surface area (Å²) in [4.78, 5) is 12.7. The number of para-hydroxylation sites is 1. The fourth-order valence-corrected chi connectivity index (χ4v) is 2.46. The van der Waals surface area contributed by atoms with Crippen molar-refractivity contribution in [2.24, 2.45) is 0 Å². The predicted octanol–water partition coefficient (Wildman–Crippen LogP) is 2.65. The minimum Gasteiger partial charge on any atom is -0.331 e. The highest BCUT2D eigenvalue weighted by Gasteiger charge is 2.02. The molecule has 0 saturated heterocycles. The zero-order chi connectivity index (χ0) is 16.5. The Labute approximate surface area is 148 Å². The summed E-state index contributed by atoms with van der Waals surface area (Å²) in [5.41, 5.74) is 6.19. The molecule has 1 aromatic carbocycles. The molecule has 1 amide bonds. The largest absolute Gasteiger partial charge is 0.331 e. The first-order valence-corrected chi connectivity index (χ1v) is 8.28. The Balaban J connectivity index is 1.70. The fourth-order valence-electron chi connectivity index (χ4n) is 1.53. The number of nitrogens with one attached hydrogen (secondary N) is 4. The van der Waals surface area contributed by atoms with E-state index in [1.54, 1.807) is 17.4 Å². The smallest absolute Gasteiger partial charge is 0.250 e. The molecule has 0 saturated carbocycles. The van der Waals surface area contributed by atoms with Crippen LogP contribution in [0.2, 0.25) is 0 Å². The van der Waals surface area contributed by atoms with Gasteiger partial charge in [0.25, 0.3) is 0 Å². The predicted molar refractivity (Wildman–Crippen MR) is 103 cm³/mol. The summed E-state index contributed by atoms with van der Waals surface area (Å²) < 4.78 is 0. The van der Waals surface area contributed by atoms with Gasteiger partial charge in [-0.25, -0.2) is 0 Å². The van der Waals surface area contributed by atoms with Crippen LogP contribution >= 0.6 is 35.8 Å². The van der Waals surface area contributed by atoms with Crippen LogP contribution in [0.1, 0.15) is 4.88 Å². The Morgan fingerprint density at radius 1 is 1.00 bits per heavy atom. The van der Waals surface area contributed by atoms with E-state index in [-0.39, 0.29) is 11.0 Å². The third-order valence-electron chi connectivity index (χ3n) is 2.50. The maximum Gasteiger partial charge on any atom is 0.250 e. The van der Waals surface area contributed by atoms with Crippen molar-refractivity contribution in [3.8, 4) is 0 Å². The minimum absolute atomic E-state index is 0.128. The van der Waals surface area contributed by atoms with Crippen LogP contribution in [0.3, 0.4) is 0 Å². The number of thiocarbonyl (C=S) groups is 2. The first kappa shape index (κ1) is 17.1. The molecule has 0 bridgehead atoms. The summed E-state index contributed by atoms with van der Waals surface area (Å²) in [6.07, 6.45) is 3.14. The van der Waals surface area contributed by atoms with Gasteiger partial charge in [-0.1, -0.05) is 24.3 Å². The summed E-state index contributed by atoms with van der Waals surface area (Å²) in [5.74, 6) is -0.320. The zero-order valence-electron chi connectivity index (χ0n) is 11.9. The fraction of sp³-hybridized carbons (Fsp3) is 0. The highest BCUT2D eigenvalue weighted by Crippen LogP contribution is 2.09. The highest BCUT2D eigenvalue weighted by atomic mass is 32.1. The van der Waals surface area contributed by atoms with Gasteiger partial charge in [0.1, 0.15) is 0 Å². The molecule has 0 aliphatic heterocycles. The van der Waals surface area contributed by atoms with Gasteiger partial charge < -0.3 is 5.32 Å². The first-order chi connectivity index (χ1) is 11.1. The summed E-state index contributed by atoms with van der Waals surface area (Å²) in [7, 11) is 0. The molecule has 2 rings (SSSR count). The lowest BCUT2D eigenvalue weighted by Crippen LogP contribution is -2.49. The number of rotatable bonds is 3. The van der Waals surface area contributed by atoms with Crippen LogP contribution in [0.25, 0.3) is 6.08 Å². The van der Waals surface area contributed by atoms with Crippen molar-refractivity contribution in [3.05, 3.63) is 58.8 Å². The van der Waals surface area contributed by atoms with Crippen LogP contribution in [0.15, 0.2) is 53.9 Å². The van der Waals surface area contributed by atoms with E-state index in [2.05, 4.69) is 21.5 Å². The van der Waals surface area contributed by atoms with Crippen molar-refractivity contribution in [1.29, 1.82) is 0 Å². The van der Waals surface area contributed by atoms with E-state index in [0.717, 1.165) is 10.6 Å². The number of amides is 1. The highest BCUT2D eigenvalue weighted by molar-refractivity contribution is 7.80. The van der Waals surface area contributed by atoms with Gasteiger partial charge in [-0.2, -0.15) is 0 Å². The van der Waals surface area contributed by atoms with Gasteiger partial charge in [0.15, 0.2) is 10.2 Å². The average Bonchev–Trinajstić information content (AvgIpc) is 3.05.